The molecule has 2 rings (SSSR count). The third kappa shape index (κ3) is 5.63. The van der Waals surface area contributed by atoms with Crippen LogP contribution in [0.5, 0.6) is 5.88 Å². The van der Waals surface area contributed by atoms with Crippen LogP contribution in [0.2, 0.25) is 5.02 Å². The number of pyridine rings is 1. The van der Waals surface area contributed by atoms with Crippen LogP contribution in [0.3, 0.4) is 0 Å². The Bertz CT molecular complexity index is 876. The number of aromatic nitrogens is 3. The van der Waals surface area contributed by atoms with E-state index in [0.717, 1.165) is 12.7 Å². The van der Waals surface area contributed by atoms with Crippen molar-refractivity contribution in [1.29, 1.82) is 0 Å². The molecule has 0 aromatic carbocycles. The van der Waals surface area contributed by atoms with Crippen molar-refractivity contribution in [3.63, 3.8) is 0 Å². The van der Waals surface area contributed by atoms with Crippen molar-refractivity contribution < 1.29 is 23.4 Å². The summed E-state index contributed by atoms with van der Waals surface area (Å²) in [5.74, 6) is 0.752. The van der Waals surface area contributed by atoms with Crippen molar-refractivity contribution in [2.75, 3.05) is 7.11 Å². The van der Waals surface area contributed by atoms with E-state index in [2.05, 4.69) is 9.97 Å². The lowest BCUT2D eigenvalue weighted by atomic mass is 9.97. The fourth-order valence-electron chi connectivity index (χ4n) is 3.20. The van der Waals surface area contributed by atoms with Gasteiger partial charge in [0.25, 0.3) is 6.43 Å². The highest BCUT2D eigenvalue weighted by Gasteiger charge is 2.34. The maximum Gasteiger partial charge on any atom is 0.266 e. The summed E-state index contributed by atoms with van der Waals surface area (Å²) in [5, 5.41) is 9.93. The van der Waals surface area contributed by atoms with Gasteiger partial charge in [-0.3, -0.25) is 4.79 Å². The number of imidazole rings is 1. The van der Waals surface area contributed by atoms with E-state index in [1.165, 1.54) is 7.11 Å². The lowest BCUT2D eigenvalue weighted by Gasteiger charge is -2.24. The third-order valence-corrected chi connectivity index (χ3v) is 4.89. The van der Waals surface area contributed by atoms with Gasteiger partial charge in [-0.15, -0.1) is 0 Å². The summed E-state index contributed by atoms with van der Waals surface area (Å²) in [4.78, 5) is 21.0. The van der Waals surface area contributed by atoms with Crippen LogP contribution in [0, 0.1) is 0 Å². The summed E-state index contributed by atoms with van der Waals surface area (Å²) < 4.78 is 32.6. The second kappa shape index (κ2) is 8.92. The molecule has 2 heterocycles. The predicted molar refractivity (Wildman–Crippen MR) is 108 cm³/mol. The Hall–Kier alpha value is -1.80. The molecule has 0 amide bonds. The number of hydrogen-bond acceptors (Lipinski definition) is 5. The van der Waals surface area contributed by atoms with Crippen molar-refractivity contribution >= 4 is 28.5 Å². The summed E-state index contributed by atoms with van der Waals surface area (Å²) in [6, 6.07) is 1.71. The van der Waals surface area contributed by atoms with Gasteiger partial charge >= 0.3 is 0 Å². The molecule has 0 saturated carbocycles. The van der Waals surface area contributed by atoms with Crippen molar-refractivity contribution in [3.05, 3.63) is 16.9 Å². The number of carbonyl (C=O) groups excluding carboxylic acids is 1. The van der Waals surface area contributed by atoms with Gasteiger partial charge in [0.15, 0.2) is 5.65 Å². The van der Waals surface area contributed by atoms with E-state index in [4.69, 9.17) is 16.3 Å². The summed E-state index contributed by atoms with van der Waals surface area (Å²) in [6.45, 7) is 7.09. The molecule has 0 fully saturated rings. The maximum atomic E-state index is 12.7. The molecule has 0 bridgehead atoms. The minimum atomic E-state index is -2.95. The van der Waals surface area contributed by atoms with E-state index in [1.54, 1.807) is 6.07 Å². The summed E-state index contributed by atoms with van der Waals surface area (Å²) >= 11 is 6.17. The molecule has 2 aromatic rings. The highest BCUT2D eigenvalue weighted by atomic mass is 35.5. The molecule has 0 saturated heterocycles. The summed E-state index contributed by atoms with van der Waals surface area (Å²) in [7, 11) is 1.50. The molecule has 0 aliphatic heterocycles. The average Bonchev–Trinajstić information content (AvgIpc) is 2.94. The van der Waals surface area contributed by atoms with Crippen molar-refractivity contribution in [3.8, 4) is 5.88 Å². The molecule has 29 heavy (non-hydrogen) atoms. The van der Waals surface area contributed by atoms with Gasteiger partial charge in [0.2, 0.25) is 5.88 Å². The third-order valence-electron chi connectivity index (χ3n) is 4.62. The zero-order chi connectivity index (χ0) is 22.0. The molecule has 6 nitrogen and oxygen atoms in total. The zero-order valence-electron chi connectivity index (χ0n) is 17.4. The Morgan fingerprint density at radius 1 is 1.28 bits per heavy atom. The molecule has 1 N–H and O–H groups in total. The standard InChI is InChI=1S/C20H28ClF2N3O3/c1-19(2,3)26-15(24-14-10-13(21)17(29-5)25-16(14)26)9-7-6-8-12(27)11-20(4,28)18(22)23/h10,18,28H,6-9,11H2,1-5H3. The molecule has 162 valence electrons. The normalized spacial score (nSPS) is 14.4. The molecule has 0 aliphatic carbocycles. The Morgan fingerprint density at radius 2 is 1.93 bits per heavy atom. The van der Waals surface area contributed by atoms with Gasteiger partial charge in [-0.1, -0.05) is 11.6 Å². The van der Waals surface area contributed by atoms with Gasteiger partial charge in [-0.2, -0.15) is 4.98 Å². The number of Topliss-reactive ketones (excluding diaryl/α,β-unsaturated/α-hetero) is 1. The van der Waals surface area contributed by atoms with Gasteiger partial charge < -0.3 is 14.4 Å². The largest absolute Gasteiger partial charge is 0.480 e. The van der Waals surface area contributed by atoms with E-state index in [0.29, 0.717) is 41.3 Å². The zero-order valence-corrected chi connectivity index (χ0v) is 18.2. The number of halogens is 3. The number of fused-ring (bicyclic) bond motifs is 1. The van der Waals surface area contributed by atoms with E-state index < -0.39 is 18.4 Å². The van der Waals surface area contributed by atoms with Crippen LogP contribution in [0.15, 0.2) is 6.07 Å². The van der Waals surface area contributed by atoms with Crippen LogP contribution < -0.4 is 4.74 Å². The number of ether oxygens (including phenoxy) is 1. The van der Waals surface area contributed by atoms with Gasteiger partial charge in [0, 0.05) is 24.8 Å². The van der Waals surface area contributed by atoms with E-state index in [9.17, 15) is 18.7 Å². The van der Waals surface area contributed by atoms with Crippen LogP contribution in [-0.2, 0) is 16.8 Å². The minimum Gasteiger partial charge on any atom is -0.480 e. The van der Waals surface area contributed by atoms with Crippen molar-refractivity contribution in [2.45, 2.75) is 77.4 Å². The number of hydrogen-bond donors (Lipinski definition) is 1. The van der Waals surface area contributed by atoms with Gasteiger partial charge in [-0.25, -0.2) is 13.8 Å². The first kappa shape index (κ1) is 23.5. The fraction of sp³-hybridized carbons (Fsp3) is 0.650. The molecule has 1 unspecified atom stereocenters. The number of rotatable bonds is 9. The van der Waals surface area contributed by atoms with Crippen LogP contribution in [0.4, 0.5) is 8.78 Å². The number of ketones is 1. The number of unbranched alkanes of at least 4 members (excludes halogenated alkanes) is 1. The number of nitrogens with zero attached hydrogens (tertiary/aromatic N) is 3. The monoisotopic (exact) mass is 431 g/mol. The first-order chi connectivity index (χ1) is 13.4. The fourth-order valence-corrected chi connectivity index (χ4v) is 3.42. The Morgan fingerprint density at radius 3 is 2.48 bits per heavy atom. The number of carbonyl (C=O) groups is 1. The lowest BCUT2D eigenvalue weighted by molar-refractivity contribution is -0.133. The molecule has 0 aliphatic rings. The molecule has 2 aromatic heterocycles. The molecular weight excluding hydrogens is 404 g/mol. The smallest absolute Gasteiger partial charge is 0.266 e. The van der Waals surface area contributed by atoms with Gasteiger partial charge in [0.1, 0.15) is 27.7 Å². The highest BCUT2D eigenvalue weighted by Crippen LogP contribution is 2.31. The molecule has 0 spiro atoms. The number of aliphatic hydroxyl groups is 1. The molecule has 9 heteroatoms. The molecule has 1 atom stereocenters. The second-order valence-corrected chi connectivity index (χ2v) is 8.84. The van der Waals surface area contributed by atoms with Crippen LogP contribution in [-0.4, -0.2) is 44.6 Å². The molecular formula is C20H28ClF2N3O3. The lowest BCUT2D eigenvalue weighted by Crippen LogP contribution is -2.35. The number of aryl methyl sites for hydroxylation is 1. The van der Waals surface area contributed by atoms with Crippen LogP contribution >= 0.6 is 11.6 Å². The maximum absolute atomic E-state index is 12.7. The summed E-state index contributed by atoms with van der Waals surface area (Å²) in [5.41, 5.74) is -1.24. The van der Waals surface area contributed by atoms with E-state index in [-0.39, 0.29) is 17.7 Å². The average molecular weight is 432 g/mol. The summed E-state index contributed by atoms with van der Waals surface area (Å²) in [6.07, 6.45) is -1.61. The Kier molecular flexibility index (Phi) is 7.22. The van der Waals surface area contributed by atoms with Crippen molar-refractivity contribution in [2.24, 2.45) is 0 Å². The predicted octanol–water partition coefficient (Wildman–Crippen LogP) is 4.54. The van der Waals surface area contributed by atoms with Gasteiger partial charge in [0.05, 0.1) is 7.11 Å². The SMILES string of the molecule is COc1nc2c(cc1Cl)nc(CCCCC(=O)CC(C)(O)C(F)F)n2C(C)(C)C. The number of methoxy groups -OCH3 is 1. The second-order valence-electron chi connectivity index (χ2n) is 8.44. The van der Waals surface area contributed by atoms with Crippen LogP contribution in [0.1, 0.15) is 59.2 Å². The Labute approximate surface area is 174 Å². The van der Waals surface area contributed by atoms with Crippen LogP contribution in [0.25, 0.3) is 11.2 Å². The minimum absolute atomic E-state index is 0.135. The topological polar surface area (TPSA) is 77.2 Å². The number of alkyl halides is 2. The van der Waals surface area contributed by atoms with E-state index in [1.807, 2.05) is 25.3 Å². The highest BCUT2D eigenvalue weighted by molar-refractivity contribution is 6.32. The van der Waals surface area contributed by atoms with Gasteiger partial charge in [-0.05, 0) is 46.6 Å². The first-order valence-corrected chi connectivity index (χ1v) is 9.89. The Balaban J connectivity index is 2.11. The quantitative estimate of drug-likeness (QED) is 0.590. The van der Waals surface area contributed by atoms with Crippen molar-refractivity contribution in [1.82, 2.24) is 14.5 Å². The molecule has 0 radical (unpaired) electrons. The van der Waals surface area contributed by atoms with E-state index >= 15 is 0 Å². The first-order valence-electron chi connectivity index (χ1n) is 9.51.